The van der Waals surface area contributed by atoms with E-state index in [0.717, 1.165) is 12.6 Å². The molecule has 0 aromatic carbocycles. The Hall–Kier alpha value is -2.07. The molecule has 134 valence electrons. The van der Waals surface area contributed by atoms with Crippen LogP contribution in [-0.4, -0.2) is 46.0 Å². The highest BCUT2D eigenvalue weighted by atomic mass is 19.3. The van der Waals surface area contributed by atoms with E-state index in [9.17, 15) is 18.4 Å². The molecule has 24 heavy (non-hydrogen) atoms. The minimum atomic E-state index is -3.31. The zero-order valence-electron chi connectivity index (χ0n) is 13.1. The van der Waals surface area contributed by atoms with Gasteiger partial charge in [0.25, 0.3) is 5.92 Å². The van der Waals surface area contributed by atoms with E-state index in [1.165, 1.54) is 6.07 Å². The molecule has 2 atom stereocenters. The van der Waals surface area contributed by atoms with Crippen molar-refractivity contribution in [2.75, 3.05) is 18.5 Å². The largest absolute Gasteiger partial charge is 0.449 e. The predicted octanol–water partition coefficient (Wildman–Crippen LogP) is 1.51. The number of alkyl halides is 2. The number of aromatic nitrogens is 2. The van der Waals surface area contributed by atoms with Gasteiger partial charge in [0, 0.05) is 12.6 Å². The third-order valence-electron chi connectivity index (χ3n) is 3.43. The maximum atomic E-state index is 13.9. The lowest BCUT2D eigenvalue weighted by atomic mass is 10.2. The van der Waals surface area contributed by atoms with Crippen molar-refractivity contribution < 1.29 is 28.2 Å². The number of aliphatic hydroxyl groups excluding tert-OH is 1. The van der Waals surface area contributed by atoms with E-state index >= 15 is 0 Å². The SMILES string of the molecule is CCCCOC(=O)Nc1ccn([C@@H]2O[C@H](CO)CC2(F)F)c(=O)n1. The highest BCUT2D eigenvalue weighted by Gasteiger charge is 2.51. The molecule has 0 saturated carbocycles. The molecule has 0 aliphatic carbocycles. The van der Waals surface area contributed by atoms with Crippen molar-refractivity contribution in [3.05, 3.63) is 22.7 Å². The number of hydrogen-bond donors (Lipinski definition) is 2. The number of anilines is 1. The maximum Gasteiger partial charge on any atom is 0.412 e. The van der Waals surface area contributed by atoms with Gasteiger partial charge in [0.2, 0.25) is 6.23 Å². The number of ether oxygens (including phenoxy) is 2. The van der Waals surface area contributed by atoms with Crippen LogP contribution in [0.1, 0.15) is 32.4 Å². The zero-order chi connectivity index (χ0) is 17.7. The van der Waals surface area contributed by atoms with E-state index in [1.807, 2.05) is 6.92 Å². The molecule has 0 unspecified atom stereocenters. The van der Waals surface area contributed by atoms with E-state index in [2.05, 4.69) is 10.3 Å². The van der Waals surface area contributed by atoms with Crippen LogP contribution >= 0.6 is 0 Å². The van der Waals surface area contributed by atoms with Crippen LogP contribution in [0.15, 0.2) is 17.1 Å². The second kappa shape index (κ2) is 7.67. The van der Waals surface area contributed by atoms with Crippen LogP contribution in [0.4, 0.5) is 19.4 Å². The van der Waals surface area contributed by atoms with Gasteiger partial charge in [-0.3, -0.25) is 9.88 Å². The lowest BCUT2D eigenvalue weighted by Crippen LogP contribution is -2.35. The first-order valence-corrected chi connectivity index (χ1v) is 7.54. The van der Waals surface area contributed by atoms with E-state index < -0.39 is 43.1 Å². The molecule has 2 heterocycles. The fraction of sp³-hybridized carbons (Fsp3) is 0.643. The zero-order valence-corrected chi connectivity index (χ0v) is 13.1. The number of amides is 1. The number of nitrogens with zero attached hydrogens (tertiary/aromatic N) is 2. The van der Waals surface area contributed by atoms with E-state index in [0.29, 0.717) is 11.0 Å². The smallest absolute Gasteiger partial charge is 0.412 e. The highest BCUT2D eigenvalue weighted by molar-refractivity contribution is 5.83. The number of unbranched alkanes of at least 4 members (excludes halogenated alkanes) is 1. The Morgan fingerprint density at radius 2 is 2.38 bits per heavy atom. The molecule has 1 aliphatic heterocycles. The van der Waals surface area contributed by atoms with Crippen molar-refractivity contribution in [2.45, 2.75) is 44.4 Å². The van der Waals surface area contributed by atoms with Crippen molar-refractivity contribution in [3.63, 3.8) is 0 Å². The summed E-state index contributed by atoms with van der Waals surface area (Å²) in [5.41, 5.74) is -1.01. The highest BCUT2D eigenvalue weighted by Crippen LogP contribution is 2.41. The van der Waals surface area contributed by atoms with Gasteiger partial charge in [0.15, 0.2) is 0 Å². The third kappa shape index (κ3) is 4.26. The number of carbonyl (C=O) groups excluding carboxylic acids is 1. The summed E-state index contributed by atoms with van der Waals surface area (Å²) >= 11 is 0. The monoisotopic (exact) mass is 347 g/mol. The second-order valence-electron chi connectivity index (χ2n) is 5.38. The van der Waals surface area contributed by atoms with Gasteiger partial charge in [-0.05, 0) is 12.5 Å². The number of rotatable bonds is 6. The van der Waals surface area contributed by atoms with Gasteiger partial charge in [-0.1, -0.05) is 13.3 Å². The molecule has 1 aromatic rings. The molecule has 2 N–H and O–H groups in total. The van der Waals surface area contributed by atoms with Crippen LogP contribution in [-0.2, 0) is 9.47 Å². The number of aliphatic hydroxyl groups is 1. The fourth-order valence-electron chi connectivity index (χ4n) is 2.22. The van der Waals surface area contributed by atoms with Crippen LogP contribution in [0.5, 0.6) is 0 Å². The summed E-state index contributed by atoms with van der Waals surface area (Å²) in [5.74, 6) is -3.43. The Morgan fingerprint density at radius 1 is 1.62 bits per heavy atom. The summed E-state index contributed by atoms with van der Waals surface area (Å²) in [7, 11) is 0. The Labute approximate surface area is 136 Å². The second-order valence-corrected chi connectivity index (χ2v) is 5.38. The molecule has 1 amide bonds. The quantitative estimate of drug-likeness (QED) is 0.756. The minimum Gasteiger partial charge on any atom is -0.449 e. The third-order valence-corrected chi connectivity index (χ3v) is 3.43. The molecular formula is C14H19F2N3O5. The number of halogens is 2. The first-order valence-electron chi connectivity index (χ1n) is 7.54. The van der Waals surface area contributed by atoms with Crippen molar-refractivity contribution in [1.29, 1.82) is 0 Å². The first kappa shape index (κ1) is 18.3. The summed E-state index contributed by atoms with van der Waals surface area (Å²) in [4.78, 5) is 26.9. The summed E-state index contributed by atoms with van der Waals surface area (Å²) in [5, 5.41) is 11.2. The molecule has 0 bridgehead atoms. The first-order chi connectivity index (χ1) is 11.4. The molecule has 0 radical (unpaired) electrons. The lowest BCUT2D eigenvalue weighted by molar-refractivity contribution is -0.120. The molecule has 1 aromatic heterocycles. The van der Waals surface area contributed by atoms with Crippen LogP contribution in [0, 0.1) is 0 Å². The van der Waals surface area contributed by atoms with Gasteiger partial charge < -0.3 is 14.6 Å². The van der Waals surface area contributed by atoms with Crippen LogP contribution in [0.2, 0.25) is 0 Å². The van der Waals surface area contributed by atoms with Crippen molar-refractivity contribution in [2.24, 2.45) is 0 Å². The van der Waals surface area contributed by atoms with Gasteiger partial charge in [-0.2, -0.15) is 4.98 Å². The molecule has 1 aliphatic rings. The average molecular weight is 347 g/mol. The summed E-state index contributed by atoms with van der Waals surface area (Å²) in [6, 6.07) is 1.19. The van der Waals surface area contributed by atoms with Gasteiger partial charge in [-0.25, -0.2) is 18.4 Å². The minimum absolute atomic E-state index is 0.113. The molecule has 2 rings (SSSR count). The lowest BCUT2D eigenvalue weighted by Gasteiger charge is -2.19. The average Bonchev–Trinajstić information content (AvgIpc) is 2.82. The summed E-state index contributed by atoms with van der Waals surface area (Å²) in [6.45, 7) is 1.59. The normalized spacial score (nSPS) is 22.3. The molecular weight excluding hydrogens is 328 g/mol. The van der Waals surface area contributed by atoms with E-state index in [4.69, 9.17) is 14.6 Å². The summed E-state index contributed by atoms with van der Waals surface area (Å²) in [6.07, 6.45) is -1.77. The molecule has 0 spiro atoms. The molecule has 10 heteroatoms. The van der Waals surface area contributed by atoms with Crippen LogP contribution in [0.25, 0.3) is 0 Å². The van der Waals surface area contributed by atoms with Crippen LogP contribution in [0.3, 0.4) is 0 Å². The molecule has 1 saturated heterocycles. The number of hydrogen-bond acceptors (Lipinski definition) is 6. The standard InChI is InChI=1S/C14H19F2N3O5/c1-2-3-6-23-13(22)18-10-4-5-19(12(21)17-10)11-14(15,16)7-9(8-20)24-11/h4-5,9,11,20H,2-3,6-8H2,1H3,(H,17,18,21,22)/t9-,11+/m0/s1. The van der Waals surface area contributed by atoms with E-state index in [1.54, 1.807) is 0 Å². The Bertz CT molecular complexity index is 637. The van der Waals surface area contributed by atoms with Crippen molar-refractivity contribution >= 4 is 11.9 Å². The van der Waals surface area contributed by atoms with Crippen molar-refractivity contribution in [1.82, 2.24) is 9.55 Å². The molecule has 1 fully saturated rings. The summed E-state index contributed by atoms with van der Waals surface area (Å²) < 4.78 is 38.2. The topological polar surface area (TPSA) is 103 Å². The molecule has 8 nitrogen and oxygen atoms in total. The Morgan fingerprint density at radius 3 is 2.96 bits per heavy atom. The van der Waals surface area contributed by atoms with Crippen molar-refractivity contribution in [3.8, 4) is 0 Å². The van der Waals surface area contributed by atoms with E-state index in [-0.39, 0.29) is 12.4 Å². The number of carbonyl (C=O) groups is 1. The van der Waals surface area contributed by atoms with Crippen LogP contribution < -0.4 is 11.0 Å². The van der Waals surface area contributed by atoms with Gasteiger partial charge in [-0.15, -0.1) is 0 Å². The van der Waals surface area contributed by atoms with Gasteiger partial charge >= 0.3 is 11.8 Å². The Balaban J connectivity index is 2.07. The van der Waals surface area contributed by atoms with Gasteiger partial charge in [0.05, 0.1) is 19.3 Å². The Kier molecular flexibility index (Phi) is 5.84. The van der Waals surface area contributed by atoms with Gasteiger partial charge in [0.1, 0.15) is 5.82 Å². The fourth-order valence-corrected chi connectivity index (χ4v) is 2.22. The maximum absolute atomic E-state index is 13.9. The predicted molar refractivity (Wildman–Crippen MR) is 78.9 cm³/mol. The number of nitrogens with one attached hydrogen (secondary N) is 1.